The van der Waals surface area contributed by atoms with Gasteiger partial charge in [-0.1, -0.05) is 0 Å². The van der Waals surface area contributed by atoms with E-state index < -0.39 is 0 Å². The molecule has 0 radical (unpaired) electrons. The second-order valence-electron chi connectivity index (χ2n) is 4.36. The highest BCUT2D eigenvalue weighted by atomic mass is 16.5. The lowest BCUT2D eigenvalue weighted by atomic mass is 10.3. The van der Waals surface area contributed by atoms with E-state index in [9.17, 15) is 4.79 Å². The molecule has 0 saturated heterocycles. The molecular weight excluding hydrogens is 218 g/mol. The van der Waals surface area contributed by atoms with Gasteiger partial charge >= 0.3 is 0 Å². The summed E-state index contributed by atoms with van der Waals surface area (Å²) in [5.41, 5.74) is 6.52. The number of likely N-dealkylation sites (N-methyl/N-ethyl adjacent to an activating group) is 1. The van der Waals surface area contributed by atoms with Crippen molar-refractivity contribution in [3.8, 4) is 5.75 Å². The van der Waals surface area contributed by atoms with Gasteiger partial charge in [0.05, 0.1) is 0 Å². The van der Waals surface area contributed by atoms with Crippen molar-refractivity contribution >= 4 is 11.7 Å². The van der Waals surface area contributed by atoms with E-state index >= 15 is 0 Å². The molecule has 0 aromatic carbocycles. The normalized spacial score (nSPS) is 14.5. The van der Waals surface area contributed by atoms with E-state index in [4.69, 9.17) is 10.5 Å². The van der Waals surface area contributed by atoms with Gasteiger partial charge in [-0.2, -0.15) is 0 Å². The number of aryl methyl sites for hydroxylation is 1. The first-order valence-electron chi connectivity index (χ1n) is 5.69. The molecule has 92 valence electrons. The van der Waals surface area contributed by atoms with Gasteiger partial charge < -0.3 is 15.4 Å². The molecule has 1 aromatic rings. The van der Waals surface area contributed by atoms with Crippen molar-refractivity contribution in [1.29, 1.82) is 0 Å². The molecule has 2 rings (SSSR count). The summed E-state index contributed by atoms with van der Waals surface area (Å²) < 4.78 is 5.37. The highest BCUT2D eigenvalue weighted by Crippen LogP contribution is 2.25. The third-order valence-corrected chi connectivity index (χ3v) is 2.86. The van der Waals surface area contributed by atoms with Crippen LogP contribution in [-0.4, -0.2) is 35.5 Å². The Morgan fingerprint density at radius 2 is 2.29 bits per heavy atom. The lowest BCUT2D eigenvalue weighted by molar-refractivity contribution is -0.132. The average Bonchev–Trinajstić information content (AvgIpc) is 3.10. The van der Waals surface area contributed by atoms with Crippen LogP contribution in [0.2, 0.25) is 0 Å². The number of aromatic nitrogens is 1. The van der Waals surface area contributed by atoms with Gasteiger partial charge in [-0.05, 0) is 31.9 Å². The largest absolute Gasteiger partial charge is 0.480 e. The molecule has 2 N–H and O–H groups in total. The number of hydrogen-bond acceptors (Lipinski definition) is 4. The van der Waals surface area contributed by atoms with Crippen molar-refractivity contribution in [1.82, 2.24) is 9.88 Å². The van der Waals surface area contributed by atoms with Crippen LogP contribution >= 0.6 is 0 Å². The SMILES string of the molecule is Cc1ccc(OCC(=O)N(C)C2CC2)c(N)n1. The number of ether oxygens (including phenoxy) is 1. The highest BCUT2D eigenvalue weighted by molar-refractivity contribution is 5.78. The van der Waals surface area contributed by atoms with Gasteiger partial charge in [0.1, 0.15) is 0 Å². The molecule has 5 nitrogen and oxygen atoms in total. The Morgan fingerprint density at radius 3 is 2.88 bits per heavy atom. The minimum atomic E-state index is -0.0209. The van der Waals surface area contributed by atoms with E-state index in [2.05, 4.69) is 4.98 Å². The van der Waals surface area contributed by atoms with Crippen LogP contribution in [0.3, 0.4) is 0 Å². The van der Waals surface area contributed by atoms with Crippen molar-refractivity contribution in [3.05, 3.63) is 17.8 Å². The Bertz CT molecular complexity index is 430. The number of hydrogen-bond donors (Lipinski definition) is 1. The van der Waals surface area contributed by atoms with Gasteiger partial charge in [0, 0.05) is 18.8 Å². The van der Waals surface area contributed by atoms with Gasteiger partial charge in [-0.3, -0.25) is 4.79 Å². The van der Waals surface area contributed by atoms with E-state index in [1.165, 1.54) is 0 Å². The quantitative estimate of drug-likeness (QED) is 0.844. The molecule has 1 amide bonds. The summed E-state index contributed by atoms with van der Waals surface area (Å²) in [5.74, 6) is 0.771. The van der Waals surface area contributed by atoms with E-state index in [0.29, 0.717) is 17.6 Å². The van der Waals surface area contributed by atoms with Gasteiger partial charge in [-0.15, -0.1) is 0 Å². The molecule has 1 aliphatic rings. The number of pyridine rings is 1. The molecular formula is C12H17N3O2. The van der Waals surface area contributed by atoms with Crippen LogP contribution in [0, 0.1) is 6.92 Å². The van der Waals surface area contributed by atoms with Crippen LogP contribution in [-0.2, 0) is 4.79 Å². The Morgan fingerprint density at radius 1 is 1.59 bits per heavy atom. The first-order valence-corrected chi connectivity index (χ1v) is 5.69. The smallest absolute Gasteiger partial charge is 0.260 e. The molecule has 0 spiro atoms. The number of nitrogen functional groups attached to an aromatic ring is 1. The standard InChI is InChI=1S/C12H17N3O2/c1-8-3-6-10(12(13)14-8)17-7-11(16)15(2)9-4-5-9/h3,6,9H,4-5,7H2,1-2H3,(H2,13,14). The predicted molar refractivity (Wildman–Crippen MR) is 64.7 cm³/mol. The lowest BCUT2D eigenvalue weighted by Crippen LogP contribution is -2.33. The summed E-state index contributed by atoms with van der Waals surface area (Å²) in [5, 5.41) is 0. The van der Waals surface area contributed by atoms with Crippen molar-refractivity contribution in [2.45, 2.75) is 25.8 Å². The number of anilines is 1. The summed E-state index contributed by atoms with van der Waals surface area (Å²) in [4.78, 5) is 17.5. The van der Waals surface area contributed by atoms with Gasteiger partial charge in [0.2, 0.25) is 0 Å². The summed E-state index contributed by atoms with van der Waals surface area (Å²) >= 11 is 0. The topological polar surface area (TPSA) is 68.5 Å². The zero-order valence-corrected chi connectivity index (χ0v) is 10.1. The Balaban J connectivity index is 1.90. The van der Waals surface area contributed by atoms with Gasteiger partial charge in [0.15, 0.2) is 18.2 Å². The first-order chi connectivity index (χ1) is 8.08. The maximum Gasteiger partial charge on any atom is 0.260 e. The Kier molecular flexibility index (Phi) is 3.17. The summed E-state index contributed by atoms with van der Waals surface area (Å²) in [6, 6.07) is 3.95. The molecule has 17 heavy (non-hydrogen) atoms. The van der Waals surface area contributed by atoms with E-state index in [1.54, 1.807) is 24.1 Å². The van der Waals surface area contributed by atoms with E-state index in [0.717, 1.165) is 18.5 Å². The zero-order chi connectivity index (χ0) is 12.4. The van der Waals surface area contributed by atoms with Crippen molar-refractivity contribution < 1.29 is 9.53 Å². The number of nitrogens with two attached hydrogens (primary N) is 1. The molecule has 0 atom stereocenters. The highest BCUT2D eigenvalue weighted by Gasteiger charge is 2.29. The molecule has 5 heteroatoms. The molecule has 0 aliphatic heterocycles. The maximum atomic E-state index is 11.7. The van der Waals surface area contributed by atoms with Crippen molar-refractivity contribution in [2.75, 3.05) is 19.4 Å². The number of amides is 1. The number of nitrogens with zero attached hydrogens (tertiary/aromatic N) is 2. The molecule has 1 heterocycles. The van der Waals surface area contributed by atoms with Crippen LogP contribution < -0.4 is 10.5 Å². The van der Waals surface area contributed by atoms with Crippen LogP contribution in [0.5, 0.6) is 5.75 Å². The van der Waals surface area contributed by atoms with E-state index in [-0.39, 0.29) is 12.5 Å². The fourth-order valence-corrected chi connectivity index (χ4v) is 1.59. The van der Waals surface area contributed by atoms with Crippen LogP contribution in [0.4, 0.5) is 5.82 Å². The second kappa shape index (κ2) is 4.61. The van der Waals surface area contributed by atoms with Crippen LogP contribution in [0.15, 0.2) is 12.1 Å². The lowest BCUT2D eigenvalue weighted by Gasteiger charge is -2.16. The van der Waals surface area contributed by atoms with Gasteiger partial charge in [0.25, 0.3) is 5.91 Å². The van der Waals surface area contributed by atoms with Gasteiger partial charge in [-0.25, -0.2) is 4.98 Å². The minimum Gasteiger partial charge on any atom is -0.480 e. The summed E-state index contributed by atoms with van der Waals surface area (Å²) in [7, 11) is 1.81. The number of carbonyl (C=O) groups is 1. The first kappa shape index (κ1) is 11.7. The van der Waals surface area contributed by atoms with Crippen molar-refractivity contribution in [2.24, 2.45) is 0 Å². The minimum absolute atomic E-state index is 0.0158. The molecule has 1 aromatic heterocycles. The fourth-order valence-electron chi connectivity index (χ4n) is 1.59. The van der Waals surface area contributed by atoms with Crippen LogP contribution in [0.1, 0.15) is 18.5 Å². The predicted octanol–water partition coefficient (Wildman–Crippen LogP) is 0.972. The zero-order valence-electron chi connectivity index (χ0n) is 10.1. The fraction of sp³-hybridized carbons (Fsp3) is 0.500. The molecule has 0 unspecified atom stereocenters. The Hall–Kier alpha value is -1.78. The second-order valence-corrected chi connectivity index (χ2v) is 4.36. The summed E-state index contributed by atoms with van der Waals surface area (Å²) in [6.45, 7) is 1.87. The van der Waals surface area contributed by atoms with Crippen molar-refractivity contribution in [3.63, 3.8) is 0 Å². The Labute approximate surface area is 101 Å². The van der Waals surface area contributed by atoms with E-state index in [1.807, 2.05) is 6.92 Å². The maximum absolute atomic E-state index is 11.7. The monoisotopic (exact) mass is 235 g/mol. The van der Waals surface area contributed by atoms with Crippen LogP contribution in [0.25, 0.3) is 0 Å². The molecule has 1 fully saturated rings. The third kappa shape index (κ3) is 2.87. The third-order valence-electron chi connectivity index (χ3n) is 2.86. The summed E-state index contributed by atoms with van der Waals surface area (Å²) in [6.07, 6.45) is 2.19. The molecule has 1 aliphatic carbocycles. The molecule has 0 bridgehead atoms. The number of carbonyl (C=O) groups excluding carboxylic acids is 1. The number of rotatable bonds is 4. The molecule has 1 saturated carbocycles. The average molecular weight is 235 g/mol.